The number of rotatable bonds is 8. The number of nitrogens with one attached hydrogen (secondary N) is 2. The summed E-state index contributed by atoms with van der Waals surface area (Å²) in [5, 5.41) is 18.5. The molecular weight excluding hydrogens is 500 g/mol. The molecule has 0 radical (unpaired) electrons. The van der Waals surface area contributed by atoms with Gasteiger partial charge in [0.25, 0.3) is 0 Å². The Morgan fingerprint density at radius 2 is 1.68 bits per heavy atom. The fourth-order valence-corrected chi connectivity index (χ4v) is 5.07. The van der Waals surface area contributed by atoms with E-state index >= 15 is 0 Å². The number of aliphatic carboxylic acids is 1. The van der Waals surface area contributed by atoms with E-state index in [-0.39, 0.29) is 10.1 Å². The molecule has 2 aromatic heterocycles. The van der Waals surface area contributed by atoms with Crippen LogP contribution in [-0.4, -0.2) is 45.5 Å². The minimum absolute atomic E-state index is 0.0935. The zero-order valence-electron chi connectivity index (χ0n) is 21.3. The van der Waals surface area contributed by atoms with Gasteiger partial charge in [-0.25, -0.2) is 9.78 Å². The number of carboxylic acid groups (broad SMARTS) is 1. The highest BCUT2D eigenvalue weighted by Crippen LogP contribution is 2.37. The van der Waals surface area contributed by atoms with Crippen molar-refractivity contribution < 1.29 is 19.4 Å². The number of hydrogen-bond acceptors (Lipinski definition) is 6. The third-order valence-electron chi connectivity index (χ3n) is 6.13. The van der Waals surface area contributed by atoms with Crippen LogP contribution in [0.4, 0.5) is 0 Å². The van der Waals surface area contributed by atoms with Crippen LogP contribution in [0.15, 0.2) is 70.7 Å². The van der Waals surface area contributed by atoms with Gasteiger partial charge >= 0.3 is 5.97 Å². The smallest absolute Gasteiger partial charge is 0.342 e. The van der Waals surface area contributed by atoms with Gasteiger partial charge in [-0.3, -0.25) is 5.10 Å². The third kappa shape index (κ3) is 5.01. The van der Waals surface area contributed by atoms with Gasteiger partial charge in [0.15, 0.2) is 5.82 Å². The Morgan fingerprint density at radius 1 is 0.974 bits per heavy atom. The number of nitrogens with zero attached hydrogens (tertiary/aromatic N) is 2. The second-order valence-electron chi connectivity index (χ2n) is 8.77. The van der Waals surface area contributed by atoms with Crippen molar-refractivity contribution in [1.82, 2.24) is 20.2 Å². The molecule has 38 heavy (non-hydrogen) atoms. The number of hydrogen-bond donors (Lipinski definition) is 3. The number of carbonyl (C=O) groups is 1. The van der Waals surface area contributed by atoms with E-state index in [1.54, 1.807) is 38.5 Å². The summed E-state index contributed by atoms with van der Waals surface area (Å²) in [4.78, 5) is 20.5. The molecule has 2 heterocycles. The molecule has 9 heteroatoms. The van der Waals surface area contributed by atoms with Crippen LogP contribution in [0.25, 0.3) is 39.6 Å². The Labute approximate surface area is 223 Å². The summed E-state index contributed by atoms with van der Waals surface area (Å²) in [7, 11) is 3.14. The van der Waals surface area contributed by atoms with Crippen LogP contribution >= 0.6 is 11.8 Å². The van der Waals surface area contributed by atoms with E-state index in [1.807, 2.05) is 44.2 Å². The van der Waals surface area contributed by atoms with Crippen molar-refractivity contribution in [3.05, 3.63) is 82.3 Å². The quantitative estimate of drug-likeness (QED) is 0.157. The lowest BCUT2D eigenvalue weighted by Gasteiger charge is -2.06. The summed E-state index contributed by atoms with van der Waals surface area (Å²) in [5.74, 6) is 0.615. The van der Waals surface area contributed by atoms with Crippen LogP contribution in [0.3, 0.4) is 0 Å². The molecule has 0 aliphatic rings. The van der Waals surface area contributed by atoms with Gasteiger partial charge in [-0.15, -0.1) is 5.10 Å². The number of benzene rings is 3. The highest BCUT2D eigenvalue weighted by atomic mass is 32.2. The molecule has 0 spiro atoms. The molecule has 0 unspecified atom stereocenters. The van der Waals surface area contributed by atoms with Crippen molar-refractivity contribution in [3.8, 4) is 34.1 Å². The average Bonchev–Trinajstić information content (AvgIpc) is 3.53. The molecule has 0 atom stereocenters. The van der Waals surface area contributed by atoms with Crippen molar-refractivity contribution in [2.24, 2.45) is 0 Å². The molecule has 3 N–H and O–H groups in total. The SMILES string of the molecule is COc1cc(OC)cc(-c2nc(S/C(=C\c3c(-c4ccccc4)[nH]c4c(C)cc(C)cc34)C(=O)O)n[nH]2)c1. The molecule has 0 saturated carbocycles. The van der Waals surface area contributed by atoms with E-state index in [2.05, 4.69) is 32.3 Å². The van der Waals surface area contributed by atoms with Gasteiger partial charge in [0, 0.05) is 28.1 Å². The maximum atomic E-state index is 12.4. The van der Waals surface area contributed by atoms with Gasteiger partial charge in [0.1, 0.15) is 16.4 Å². The minimum Gasteiger partial charge on any atom is -0.497 e. The molecule has 3 aromatic carbocycles. The fourth-order valence-electron chi connectivity index (χ4n) is 4.38. The Hall–Kier alpha value is -4.50. The second kappa shape index (κ2) is 10.5. The van der Waals surface area contributed by atoms with E-state index in [0.717, 1.165) is 50.6 Å². The largest absolute Gasteiger partial charge is 0.497 e. The summed E-state index contributed by atoms with van der Waals surface area (Å²) < 4.78 is 10.7. The molecule has 0 aliphatic heterocycles. The number of aromatic amines is 2. The van der Waals surface area contributed by atoms with Crippen molar-refractivity contribution in [2.45, 2.75) is 19.0 Å². The summed E-state index contributed by atoms with van der Waals surface area (Å²) in [6.07, 6.45) is 1.69. The molecule has 8 nitrogen and oxygen atoms in total. The molecule has 192 valence electrons. The first-order valence-electron chi connectivity index (χ1n) is 11.8. The maximum absolute atomic E-state index is 12.4. The van der Waals surface area contributed by atoms with Gasteiger partial charge in [-0.2, -0.15) is 0 Å². The summed E-state index contributed by atoms with van der Waals surface area (Å²) in [6.45, 7) is 4.08. The Morgan fingerprint density at radius 3 is 2.34 bits per heavy atom. The maximum Gasteiger partial charge on any atom is 0.342 e. The van der Waals surface area contributed by atoms with Crippen LogP contribution < -0.4 is 9.47 Å². The monoisotopic (exact) mass is 526 g/mol. The van der Waals surface area contributed by atoms with Gasteiger partial charge in [0.2, 0.25) is 5.16 Å². The number of ether oxygens (including phenoxy) is 2. The molecule has 0 aliphatic carbocycles. The van der Waals surface area contributed by atoms with Crippen LogP contribution in [-0.2, 0) is 4.79 Å². The first-order chi connectivity index (χ1) is 18.4. The van der Waals surface area contributed by atoms with Crippen LogP contribution in [0.2, 0.25) is 0 Å². The fraction of sp³-hybridized carbons (Fsp3) is 0.138. The normalized spacial score (nSPS) is 11.6. The molecular formula is C29H26N4O4S. The van der Waals surface area contributed by atoms with Crippen LogP contribution in [0, 0.1) is 13.8 Å². The topological polar surface area (TPSA) is 113 Å². The predicted molar refractivity (Wildman–Crippen MR) is 150 cm³/mol. The van der Waals surface area contributed by atoms with E-state index in [9.17, 15) is 9.90 Å². The first kappa shape index (κ1) is 25.2. The number of thioether (sulfide) groups is 1. The lowest BCUT2D eigenvalue weighted by Crippen LogP contribution is -1.97. The highest BCUT2D eigenvalue weighted by Gasteiger charge is 2.19. The number of carboxylic acids is 1. The van der Waals surface area contributed by atoms with Gasteiger partial charge in [-0.1, -0.05) is 42.0 Å². The Bertz CT molecular complexity index is 1650. The lowest BCUT2D eigenvalue weighted by atomic mass is 10.0. The number of methoxy groups -OCH3 is 2. The lowest BCUT2D eigenvalue weighted by molar-refractivity contribution is -0.131. The molecule has 5 rings (SSSR count). The van der Waals surface area contributed by atoms with Gasteiger partial charge in [-0.05, 0) is 61.0 Å². The van der Waals surface area contributed by atoms with Crippen LogP contribution in [0.5, 0.6) is 11.5 Å². The van der Waals surface area contributed by atoms with E-state index in [1.165, 1.54) is 0 Å². The zero-order valence-corrected chi connectivity index (χ0v) is 22.1. The molecule has 0 amide bonds. The Kier molecular flexibility index (Phi) is 6.93. The minimum atomic E-state index is -1.07. The molecule has 5 aromatic rings. The summed E-state index contributed by atoms with van der Waals surface area (Å²) in [6, 6.07) is 19.4. The average molecular weight is 527 g/mol. The van der Waals surface area contributed by atoms with E-state index < -0.39 is 5.97 Å². The zero-order chi connectivity index (χ0) is 26.8. The van der Waals surface area contributed by atoms with Crippen LogP contribution in [0.1, 0.15) is 16.7 Å². The van der Waals surface area contributed by atoms with Crippen molar-refractivity contribution in [3.63, 3.8) is 0 Å². The third-order valence-corrected chi connectivity index (χ3v) is 7.01. The van der Waals surface area contributed by atoms with Crippen molar-refractivity contribution in [1.29, 1.82) is 0 Å². The van der Waals surface area contributed by atoms with Crippen molar-refractivity contribution in [2.75, 3.05) is 14.2 Å². The highest BCUT2D eigenvalue weighted by molar-refractivity contribution is 8.04. The van der Waals surface area contributed by atoms with E-state index in [4.69, 9.17) is 9.47 Å². The number of aromatic nitrogens is 4. The summed E-state index contributed by atoms with van der Waals surface area (Å²) >= 11 is 0.983. The molecule has 0 fully saturated rings. The Balaban J connectivity index is 1.58. The van der Waals surface area contributed by atoms with Crippen molar-refractivity contribution >= 4 is 34.7 Å². The van der Waals surface area contributed by atoms with Gasteiger partial charge < -0.3 is 19.6 Å². The number of fused-ring (bicyclic) bond motifs is 1. The number of H-pyrrole nitrogens is 2. The second-order valence-corrected chi connectivity index (χ2v) is 9.78. The first-order valence-corrected chi connectivity index (χ1v) is 12.6. The van der Waals surface area contributed by atoms with E-state index in [0.29, 0.717) is 22.9 Å². The molecule has 0 bridgehead atoms. The molecule has 0 saturated heterocycles. The number of aryl methyl sites for hydroxylation is 2. The standard InChI is InChI=1S/C29H26N4O4S/c1-16-10-17(2)25-22(11-16)23(26(30-25)18-8-6-5-7-9-18)15-24(28(34)35)38-29-31-27(32-33-29)19-12-20(36-3)14-21(13-19)37-4/h5-15,30H,1-4H3,(H,34,35)(H,31,32,33)/b24-15-. The van der Waals surface area contributed by atoms with Gasteiger partial charge in [0.05, 0.1) is 19.9 Å². The predicted octanol–water partition coefficient (Wildman–Crippen LogP) is 6.47. The summed E-state index contributed by atoms with van der Waals surface area (Å²) in [5.41, 5.74) is 6.49.